The summed E-state index contributed by atoms with van der Waals surface area (Å²) in [5, 5.41) is 9.41. The zero-order valence-electron chi connectivity index (χ0n) is 7.74. The van der Waals surface area contributed by atoms with Gasteiger partial charge in [0.1, 0.15) is 0 Å². The molecule has 2 heteroatoms. The topological polar surface area (TPSA) is 29.5 Å². The maximum absolute atomic E-state index is 9.41. The van der Waals surface area contributed by atoms with E-state index >= 15 is 0 Å². The van der Waals surface area contributed by atoms with Crippen molar-refractivity contribution in [3.63, 3.8) is 0 Å². The summed E-state index contributed by atoms with van der Waals surface area (Å²) in [6.07, 6.45) is -0.368. The Kier molecular flexibility index (Phi) is 2.55. The van der Waals surface area contributed by atoms with Crippen molar-refractivity contribution in [2.75, 3.05) is 0 Å². The van der Waals surface area contributed by atoms with E-state index in [4.69, 9.17) is 4.74 Å². The summed E-state index contributed by atoms with van der Waals surface area (Å²) in [4.78, 5) is 0. The predicted molar refractivity (Wildman–Crippen MR) is 44.0 cm³/mol. The molecule has 4 unspecified atom stereocenters. The van der Waals surface area contributed by atoms with Crippen molar-refractivity contribution in [2.45, 2.75) is 40.1 Å². The van der Waals surface area contributed by atoms with Gasteiger partial charge in [0.2, 0.25) is 0 Å². The van der Waals surface area contributed by atoms with Gasteiger partial charge in [0, 0.05) is 5.92 Å². The minimum atomic E-state index is -0.559. The van der Waals surface area contributed by atoms with Crippen molar-refractivity contribution in [3.05, 3.63) is 0 Å². The molecule has 0 aromatic rings. The second-order valence-electron chi connectivity index (χ2n) is 3.81. The third-order valence-corrected chi connectivity index (χ3v) is 3.20. The average Bonchev–Trinajstić information content (AvgIpc) is 1.97. The van der Waals surface area contributed by atoms with Crippen LogP contribution in [0, 0.1) is 17.8 Å². The van der Waals surface area contributed by atoms with Gasteiger partial charge >= 0.3 is 0 Å². The summed E-state index contributed by atoms with van der Waals surface area (Å²) in [6.45, 7) is 8.42. The first-order valence-corrected chi connectivity index (χ1v) is 4.37. The molecule has 1 fully saturated rings. The number of aliphatic hydroxyl groups is 1. The molecule has 1 aliphatic rings. The number of aliphatic hydroxyl groups excluding tert-OH is 1. The SMILES string of the molecule is CC1C(O)OC(C)[C@@H](C)C1C. The lowest BCUT2D eigenvalue weighted by molar-refractivity contribution is -0.219. The van der Waals surface area contributed by atoms with Gasteiger partial charge in [-0.25, -0.2) is 0 Å². The van der Waals surface area contributed by atoms with Gasteiger partial charge in [0.15, 0.2) is 6.29 Å². The molecule has 0 spiro atoms. The van der Waals surface area contributed by atoms with Crippen molar-refractivity contribution in [1.82, 2.24) is 0 Å². The summed E-state index contributed by atoms with van der Waals surface area (Å²) >= 11 is 0. The standard InChI is InChI=1S/C9H18O2/c1-5-6(2)8(4)11-9(10)7(5)3/h5-10H,1-4H3/t5?,6-,7?,8?,9?/m0/s1. The van der Waals surface area contributed by atoms with E-state index in [0.717, 1.165) is 0 Å². The molecule has 0 aromatic heterocycles. The number of hydrogen-bond donors (Lipinski definition) is 1. The number of hydrogen-bond acceptors (Lipinski definition) is 2. The van der Waals surface area contributed by atoms with Gasteiger partial charge < -0.3 is 9.84 Å². The van der Waals surface area contributed by atoms with Gasteiger partial charge in [0.25, 0.3) is 0 Å². The lowest BCUT2D eigenvalue weighted by Gasteiger charge is -2.40. The van der Waals surface area contributed by atoms with E-state index in [1.54, 1.807) is 0 Å². The highest BCUT2D eigenvalue weighted by Crippen LogP contribution is 2.33. The molecular weight excluding hydrogens is 140 g/mol. The molecule has 1 saturated heterocycles. The molecule has 1 heterocycles. The van der Waals surface area contributed by atoms with Gasteiger partial charge in [-0.2, -0.15) is 0 Å². The van der Waals surface area contributed by atoms with Crippen LogP contribution in [0.2, 0.25) is 0 Å². The normalized spacial score (nSPS) is 52.6. The zero-order chi connectivity index (χ0) is 8.59. The average molecular weight is 158 g/mol. The van der Waals surface area contributed by atoms with E-state index in [-0.39, 0.29) is 12.0 Å². The Balaban J connectivity index is 2.63. The van der Waals surface area contributed by atoms with Gasteiger partial charge in [-0.15, -0.1) is 0 Å². The third-order valence-electron chi connectivity index (χ3n) is 3.20. The zero-order valence-corrected chi connectivity index (χ0v) is 7.74. The van der Waals surface area contributed by atoms with Gasteiger partial charge in [-0.3, -0.25) is 0 Å². The third kappa shape index (κ3) is 1.57. The molecule has 0 aliphatic carbocycles. The Morgan fingerprint density at radius 1 is 0.909 bits per heavy atom. The van der Waals surface area contributed by atoms with Crippen molar-refractivity contribution in [2.24, 2.45) is 17.8 Å². The maximum Gasteiger partial charge on any atom is 0.157 e. The van der Waals surface area contributed by atoms with Gasteiger partial charge in [-0.05, 0) is 18.8 Å². The Morgan fingerprint density at radius 2 is 1.45 bits per heavy atom. The van der Waals surface area contributed by atoms with Crippen molar-refractivity contribution in [3.8, 4) is 0 Å². The maximum atomic E-state index is 9.41. The van der Waals surface area contributed by atoms with Gasteiger partial charge in [-0.1, -0.05) is 20.8 Å². The molecule has 1 rings (SSSR count). The van der Waals surface area contributed by atoms with E-state index in [1.807, 2.05) is 13.8 Å². The minimum Gasteiger partial charge on any atom is -0.368 e. The molecule has 0 bridgehead atoms. The van der Waals surface area contributed by atoms with Crippen LogP contribution in [-0.4, -0.2) is 17.5 Å². The van der Waals surface area contributed by atoms with E-state index in [1.165, 1.54) is 0 Å². The highest BCUT2D eigenvalue weighted by Gasteiger charge is 2.35. The van der Waals surface area contributed by atoms with Gasteiger partial charge in [0.05, 0.1) is 6.10 Å². The molecule has 1 N–H and O–H groups in total. The lowest BCUT2D eigenvalue weighted by atomic mass is 9.79. The molecular formula is C9H18O2. The Bertz CT molecular complexity index is 122. The molecule has 0 radical (unpaired) electrons. The Hall–Kier alpha value is -0.0800. The van der Waals surface area contributed by atoms with E-state index in [2.05, 4.69) is 13.8 Å². The first-order chi connectivity index (χ1) is 5.04. The first kappa shape index (κ1) is 9.01. The van der Waals surface area contributed by atoms with E-state index in [0.29, 0.717) is 11.8 Å². The molecule has 66 valence electrons. The smallest absolute Gasteiger partial charge is 0.157 e. The van der Waals surface area contributed by atoms with E-state index in [9.17, 15) is 5.11 Å². The van der Waals surface area contributed by atoms with E-state index < -0.39 is 6.29 Å². The first-order valence-electron chi connectivity index (χ1n) is 4.37. The molecule has 11 heavy (non-hydrogen) atoms. The van der Waals surface area contributed by atoms with Crippen LogP contribution in [0.1, 0.15) is 27.7 Å². The fourth-order valence-electron chi connectivity index (χ4n) is 1.63. The summed E-state index contributed by atoms with van der Waals surface area (Å²) < 4.78 is 5.34. The van der Waals surface area contributed by atoms with Crippen LogP contribution in [0.3, 0.4) is 0 Å². The van der Waals surface area contributed by atoms with Crippen LogP contribution < -0.4 is 0 Å². The number of ether oxygens (including phenoxy) is 1. The quantitative estimate of drug-likeness (QED) is 0.580. The summed E-state index contributed by atoms with van der Waals surface area (Å²) in [5.41, 5.74) is 0. The van der Waals surface area contributed by atoms with Crippen LogP contribution >= 0.6 is 0 Å². The summed E-state index contributed by atoms with van der Waals surface area (Å²) in [6, 6.07) is 0. The van der Waals surface area contributed by atoms with Crippen LogP contribution in [-0.2, 0) is 4.74 Å². The molecule has 0 saturated carbocycles. The van der Waals surface area contributed by atoms with Crippen molar-refractivity contribution < 1.29 is 9.84 Å². The second kappa shape index (κ2) is 3.11. The fraction of sp³-hybridized carbons (Fsp3) is 1.00. The largest absolute Gasteiger partial charge is 0.368 e. The highest BCUT2D eigenvalue weighted by molar-refractivity contribution is 4.79. The lowest BCUT2D eigenvalue weighted by Crippen LogP contribution is -2.43. The highest BCUT2D eigenvalue weighted by atomic mass is 16.6. The molecule has 5 atom stereocenters. The summed E-state index contributed by atoms with van der Waals surface area (Å²) in [7, 11) is 0. The Morgan fingerprint density at radius 3 is 2.00 bits per heavy atom. The Labute approximate surface area is 68.6 Å². The second-order valence-corrected chi connectivity index (χ2v) is 3.81. The molecule has 0 amide bonds. The predicted octanol–water partition coefficient (Wildman–Crippen LogP) is 1.63. The molecule has 0 aromatic carbocycles. The van der Waals surface area contributed by atoms with Crippen LogP contribution in [0.5, 0.6) is 0 Å². The van der Waals surface area contributed by atoms with Crippen molar-refractivity contribution >= 4 is 0 Å². The van der Waals surface area contributed by atoms with Crippen LogP contribution in [0.25, 0.3) is 0 Å². The monoisotopic (exact) mass is 158 g/mol. The fourth-order valence-corrected chi connectivity index (χ4v) is 1.63. The minimum absolute atomic E-state index is 0.191. The molecule has 2 nitrogen and oxygen atoms in total. The summed E-state index contributed by atoms with van der Waals surface area (Å²) in [5.74, 6) is 1.36. The van der Waals surface area contributed by atoms with Crippen LogP contribution in [0.15, 0.2) is 0 Å². The molecule has 1 aliphatic heterocycles. The van der Waals surface area contributed by atoms with Crippen LogP contribution in [0.4, 0.5) is 0 Å². The van der Waals surface area contributed by atoms with Crippen molar-refractivity contribution in [1.29, 1.82) is 0 Å². The number of rotatable bonds is 0.